The number of amides is 1. The molecule has 1 unspecified atom stereocenters. The van der Waals surface area contributed by atoms with Gasteiger partial charge in [0.05, 0.1) is 29.6 Å². The van der Waals surface area contributed by atoms with E-state index in [0.717, 1.165) is 17.1 Å². The molecular formula is C20H23FN4O2. The van der Waals surface area contributed by atoms with Crippen molar-refractivity contribution < 1.29 is 13.9 Å². The smallest absolute Gasteiger partial charge is 0.256 e. The van der Waals surface area contributed by atoms with Crippen LogP contribution in [0, 0.1) is 12.7 Å². The van der Waals surface area contributed by atoms with E-state index in [1.165, 1.54) is 6.07 Å². The Kier molecular flexibility index (Phi) is 4.26. The summed E-state index contributed by atoms with van der Waals surface area (Å²) in [6.45, 7) is 4.94. The van der Waals surface area contributed by atoms with Crippen LogP contribution in [0.3, 0.4) is 0 Å². The van der Waals surface area contributed by atoms with Crippen molar-refractivity contribution in [3.8, 4) is 0 Å². The zero-order valence-electron chi connectivity index (χ0n) is 16.0. The van der Waals surface area contributed by atoms with Gasteiger partial charge in [0, 0.05) is 43.9 Å². The first-order valence-corrected chi connectivity index (χ1v) is 9.04. The molecule has 142 valence electrons. The van der Waals surface area contributed by atoms with E-state index >= 15 is 0 Å². The Morgan fingerprint density at radius 1 is 1.37 bits per heavy atom. The molecule has 1 atom stereocenters. The average Bonchev–Trinajstić information content (AvgIpc) is 3.16. The predicted molar refractivity (Wildman–Crippen MR) is 100 cm³/mol. The van der Waals surface area contributed by atoms with Gasteiger partial charge in [0.15, 0.2) is 0 Å². The molecule has 0 bridgehead atoms. The van der Waals surface area contributed by atoms with Crippen LogP contribution in [0.25, 0.3) is 10.9 Å². The van der Waals surface area contributed by atoms with Crippen LogP contribution < -0.4 is 0 Å². The Labute approximate surface area is 157 Å². The van der Waals surface area contributed by atoms with Crippen molar-refractivity contribution in [2.24, 2.45) is 7.05 Å². The molecule has 0 saturated heterocycles. The number of carbonyl (C=O) groups is 1. The van der Waals surface area contributed by atoms with E-state index in [2.05, 4.69) is 4.98 Å². The molecule has 0 aliphatic carbocycles. The predicted octanol–water partition coefficient (Wildman–Crippen LogP) is 3.19. The molecule has 3 aromatic rings. The third kappa shape index (κ3) is 2.65. The Bertz CT molecular complexity index is 1040. The van der Waals surface area contributed by atoms with Crippen molar-refractivity contribution in [2.45, 2.75) is 33.0 Å². The van der Waals surface area contributed by atoms with Crippen LogP contribution in [-0.4, -0.2) is 38.6 Å². The highest BCUT2D eigenvalue weighted by Crippen LogP contribution is 2.32. The molecule has 6 nitrogen and oxygen atoms in total. The van der Waals surface area contributed by atoms with E-state index in [-0.39, 0.29) is 18.0 Å². The fraction of sp³-hybridized carbons (Fsp3) is 0.400. The molecule has 1 aromatic carbocycles. The number of rotatable bonds is 4. The van der Waals surface area contributed by atoms with Crippen LogP contribution >= 0.6 is 0 Å². The van der Waals surface area contributed by atoms with Crippen molar-refractivity contribution in [3.05, 3.63) is 53.0 Å². The minimum absolute atomic E-state index is 0.0683. The lowest BCUT2D eigenvalue weighted by Crippen LogP contribution is -2.37. The fourth-order valence-corrected chi connectivity index (χ4v) is 3.98. The van der Waals surface area contributed by atoms with Crippen molar-refractivity contribution in [1.82, 2.24) is 19.0 Å². The number of aryl methyl sites for hydroxylation is 1. The fourth-order valence-electron chi connectivity index (χ4n) is 3.98. The molecule has 0 fully saturated rings. The van der Waals surface area contributed by atoms with Crippen LogP contribution in [0.15, 0.2) is 24.5 Å². The SMILES string of the molecule is COC(C)n1cnc(CN2CCc3c(c4cccc(F)c4n3C)C2=O)c1C. The number of ether oxygens (including phenoxy) is 1. The minimum Gasteiger partial charge on any atom is -0.362 e. The Morgan fingerprint density at radius 2 is 2.15 bits per heavy atom. The molecule has 27 heavy (non-hydrogen) atoms. The molecule has 7 heteroatoms. The summed E-state index contributed by atoms with van der Waals surface area (Å²) in [6.07, 6.45) is 2.32. The molecular weight excluding hydrogens is 347 g/mol. The van der Waals surface area contributed by atoms with E-state index in [1.807, 2.05) is 36.1 Å². The third-order valence-electron chi connectivity index (χ3n) is 5.62. The number of para-hydroxylation sites is 1. The molecule has 2 aromatic heterocycles. The van der Waals surface area contributed by atoms with Gasteiger partial charge >= 0.3 is 0 Å². The monoisotopic (exact) mass is 370 g/mol. The van der Waals surface area contributed by atoms with Gasteiger partial charge in [-0.15, -0.1) is 0 Å². The summed E-state index contributed by atoms with van der Waals surface area (Å²) < 4.78 is 23.4. The highest BCUT2D eigenvalue weighted by atomic mass is 19.1. The Balaban J connectivity index is 1.69. The van der Waals surface area contributed by atoms with Gasteiger partial charge in [-0.1, -0.05) is 12.1 Å². The second-order valence-electron chi connectivity index (χ2n) is 7.01. The molecule has 0 N–H and O–H groups in total. The van der Waals surface area contributed by atoms with Gasteiger partial charge in [0.25, 0.3) is 5.91 Å². The van der Waals surface area contributed by atoms with E-state index in [4.69, 9.17) is 4.74 Å². The molecule has 1 aliphatic rings. The van der Waals surface area contributed by atoms with Crippen LogP contribution in [0.1, 0.15) is 40.6 Å². The molecule has 3 heterocycles. The second kappa shape index (κ2) is 6.49. The summed E-state index contributed by atoms with van der Waals surface area (Å²) in [4.78, 5) is 19.5. The molecule has 0 spiro atoms. The molecule has 0 saturated carbocycles. The summed E-state index contributed by atoms with van der Waals surface area (Å²) in [7, 11) is 3.48. The van der Waals surface area contributed by atoms with E-state index < -0.39 is 0 Å². The summed E-state index contributed by atoms with van der Waals surface area (Å²) in [5.74, 6) is -0.368. The number of methoxy groups -OCH3 is 1. The quantitative estimate of drug-likeness (QED) is 0.709. The normalized spacial score (nSPS) is 15.4. The third-order valence-corrected chi connectivity index (χ3v) is 5.62. The van der Waals surface area contributed by atoms with Crippen molar-refractivity contribution in [1.29, 1.82) is 0 Å². The number of aromatic nitrogens is 3. The van der Waals surface area contributed by atoms with Gasteiger partial charge in [0.2, 0.25) is 0 Å². The number of carbonyl (C=O) groups excluding carboxylic acids is 1. The Hall–Kier alpha value is -2.67. The van der Waals surface area contributed by atoms with Gasteiger partial charge in [-0.2, -0.15) is 0 Å². The van der Waals surface area contributed by atoms with Crippen molar-refractivity contribution >= 4 is 16.8 Å². The zero-order chi connectivity index (χ0) is 19.3. The summed E-state index contributed by atoms with van der Waals surface area (Å²) >= 11 is 0. The van der Waals surface area contributed by atoms with Crippen LogP contribution in [-0.2, 0) is 24.8 Å². The summed E-state index contributed by atoms with van der Waals surface area (Å²) in [5, 5.41) is 0.678. The van der Waals surface area contributed by atoms with E-state index in [9.17, 15) is 9.18 Å². The molecule has 1 aliphatic heterocycles. The van der Waals surface area contributed by atoms with E-state index in [1.54, 1.807) is 24.4 Å². The Morgan fingerprint density at radius 3 is 2.89 bits per heavy atom. The maximum Gasteiger partial charge on any atom is 0.256 e. The highest BCUT2D eigenvalue weighted by Gasteiger charge is 2.31. The number of imidazole rings is 1. The molecule has 4 rings (SSSR count). The number of nitrogens with zero attached hydrogens (tertiary/aromatic N) is 4. The molecule has 0 radical (unpaired) electrons. The lowest BCUT2D eigenvalue weighted by Gasteiger charge is -2.27. The largest absolute Gasteiger partial charge is 0.362 e. The van der Waals surface area contributed by atoms with Gasteiger partial charge in [-0.05, 0) is 19.9 Å². The first-order chi connectivity index (χ1) is 12.9. The van der Waals surface area contributed by atoms with Crippen LogP contribution in [0.4, 0.5) is 4.39 Å². The first-order valence-electron chi connectivity index (χ1n) is 9.04. The highest BCUT2D eigenvalue weighted by molar-refractivity contribution is 6.09. The number of hydrogen-bond acceptors (Lipinski definition) is 3. The zero-order valence-corrected chi connectivity index (χ0v) is 16.0. The maximum absolute atomic E-state index is 14.3. The minimum atomic E-state index is -0.299. The van der Waals surface area contributed by atoms with E-state index in [0.29, 0.717) is 36.0 Å². The van der Waals surface area contributed by atoms with Crippen LogP contribution in [0.5, 0.6) is 0 Å². The number of benzene rings is 1. The summed E-state index contributed by atoms with van der Waals surface area (Å²) in [6, 6.07) is 4.91. The number of halogens is 1. The molecule has 1 amide bonds. The number of hydrogen-bond donors (Lipinski definition) is 0. The average molecular weight is 370 g/mol. The standard InChI is InChI=1S/C20H23FN4O2/c1-12-16(22-11-25(12)13(2)27-4)10-24-9-8-17-18(20(24)26)14-6-5-7-15(21)19(14)23(17)3/h5-7,11,13H,8-10H2,1-4H3. The van der Waals surface area contributed by atoms with Gasteiger partial charge in [0.1, 0.15) is 12.0 Å². The van der Waals surface area contributed by atoms with Gasteiger partial charge < -0.3 is 18.8 Å². The van der Waals surface area contributed by atoms with Gasteiger partial charge in [-0.25, -0.2) is 9.37 Å². The topological polar surface area (TPSA) is 52.3 Å². The lowest BCUT2D eigenvalue weighted by molar-refractivity contribution is 0.0587. The summed E-state index contributed by atoms with van der Waals surface area (Å²) in [5.41, 5.74) is 3.83. The number of fused-ring (bicyclic) bond motifs is 3. The second-order valence-corrected chi connectivity index (χ2v) is 7.01. The van der Waals surface area contributed by atoms with Crippen molar-refractivity contribution in [3.63, 3.8) is 0 Å². The first kappa shape index (κ1) is 17.7. The maximum atomic E-state index is 14.3. The van der Waals surface area contributed by atoms with Crippen molar-refractivity contribution in [2.75, 3.05) is 13.7 Å². The van der Waals surface area contributed by atoms with Gasteiger partial charge in [-0.3, -0.25) is 4.79 Å². The van der Waals surface area contributed by atoms with Crippen LogP contribution in [0.2, 0.25) is 0 Å². The lowest BCUT2D eigenvalue weighted by atomic mass is 10.0.